The van der Waals surface area contributed by atoms with Gasteiger partial charge in [-0.25, -0.2) is 13.2 Å². The monoisotopic (exact) mass is 261 g/mol. The van der Waals surface area contributed by atoms with E-state index in [2.05, 4.69) is 5.32 Å². The number of halogens is 3. The minimum Gasteiger partial charge on any atom is -0.375 e. The summed E-state index contributed by atoms with van der Waals surface area (Å²) in [6, 6.07) is 4.62. The normalized spacial score (nSPS) is 13.0. The summed E-state index contributed by atoms with van der Waals surface area (Å²) in [6.45, 7) is 1.47. The average molecular weight is 261 g/mol. The second-order valence-electron chi connectivity index (χ2n) is 4.12. The van der Waals surface area contributed by atoms with Crippen molar-refractivity contribution in [3.8, 4) is 0 Å². The number of rotatable bonds is 7. The van der Waals surface area contributed by atoms with Gasteiger partial charge in [0.1, 0.15) is 12.4 Å². The van der Waals surface area contributed by atoms with Crippen LogP contribution >= 0.6 is 0 Å². The van der Waals surface area contributed by atoms with Crippen molar-refractivity contribution in [2.75, 3.05) is 20.3 Å². The van der Waals surface area contributed by atoms with Gasteiger partial charge in [0.15, 0.2) is 0 Å². The highest BCUT2D eigenvalue weighted by molar-refractivity contribution is 5.26. The van der Waals surface area contributed by atoms with Gasteiger partial charge in [-0.05, 0) is 26.5 Å². The molecule has 0 aromatic heterocycles. The van der Waals surface area contributed by atoms with Crippen molar-refractivity contribution < 1.29 is 17.9 Å². The average Bonchev–Trinajstić information content (AvgIpc) is 2.33. The first-order valence-electron chi connectivity index (χ1n) is 5.83. The Balaban J connectivity index is 2.57. The van der Waals surface area contributed by atoms with Crippen molar-refractivity contribution in [2.24, 2.45) is 0 Å². The van der Waals surface area contributed by atoms with Crippen LogP contribution in [0.1, 0.15) is 23.6 Å². The smallest absolute Gasteiger partial charge is 0.261 e. The Morgan fingerprint density at radius 1 is 1.33 bits per heavy atom. The van der Waals surface area contributed by atoms with Crippen molar-refractivity contribution in [3.63, 3.8) is 0 Å². The van der Waals surface area contributed by atoms with Crippen molar-refractivity contribution in [2.45, 2.75) is 25.8 Å². The number of aryl methyl sites for hydroxylation is 1. The SMILES string of the molecule is CNC(CCOCC(F)F)c1cc(C)ccc1F. The van der Waals surface area contributed by atoms with Crippen molar-refractivity contribution in [1.29, 1.82) is 0 Å². The van der Waals surface area contributed by atoms with E-state index < -0.39 is 13.0 Å². The molecule has 0 heterocycles. The van der Waals surface area contributed by atoms with Gasteiger partial charge in [-0.1, -0.05) is 17.7 Å². The molecule has 1 aromatic carbocycles. The van der Waals surface area contributed by atoms with E-state index in [1.807, 2.05) is 6.92 Å². The Hall–Kier alpha value is -1.07. The van der Waals surface area contributed by atoms with Gasteiger partial charge >= 0.3 is 0 Å². The molecule has 0 bridgehead atoms. The molecule has 2 nitrogen and oxygen atoms in total. The standard InChI is InChI=1S/C13H18F3NO/c1-9-3-4-11(14)10(7-9)12(17-2)5-6-18-8-13(15)16/h3-4,7,12-13,17H,5-6,8H2,1-2H3. The zero-order valence-corrected chi connectivity index (χ0v) is 10.6. The molecule has 1 atom stereocenters. The van der Waals surface area contributed by atoms with Crippen LogP contribution in [0.3, 0.4) is 0 Å². The lowest BCUT2D eigenvalue weighted by molar-refractivity contribution is 0.0144. The molecule has 1 unspecified atom stereocenters. The van der Waals surface area contributed by atoms with Gasteiger partial charge in [-0.3, -0.25) is 0 Å². The second-order valence-corrected chi connectivity index (χ2v) is 4.12. The summed E-state index contributed by atoms with van der Waals surface area (Å²) in [5.74, 6) is -0.297. The minimum absolute atomic E-state index is 0.170. The maximum atomic E-state index is 13.6. The molecule has 0 aliphatic heterocycles. The fraction of sp³-hybridized carbons (Fsp3) is 0.538. The van der Waals surface area contributed by atoms with Gasteiger partial charge in [0.2, 0.25) is 0 Å². The Labute approximate surface area is 105 Å². The fourth-order valence-electron chi connectivity index (χ4n) is 1.76. The first kappa shape index (κ1) is 15.0. The molecule has 0 spiro atoms. The number of nitrogens with one attached hydrogen (secondary N) is 1. The van der Waals surface area contributed by atoms with E-state index in [9.17, 15) is 13.2 Å². The van der Waals surface area contributed by atoms with Gasteiger partial charge < -0.3 is 10.1 Å². The van der Waals surface area contributed by atoms with E-state index in [4.69, 9.17) is 4.74 Å². The van der Waals surface area contributed by atoms with Crippen LogP contribution in [-0.2, 0) is 4.74 Å². The molecule has 5 heteroatoms. The van der Waals surface area contributed by atoms with Crippen LogP contribution in [0.4, 0.5) is 13.2 Å². The molecule has 0 radical (unpaired) electrons. The Kier molecular flexibility index (Phi) is 6.15. The van der Waals surface area contributed by atoms with Crippen LogP contribution in [0.5, 0.6) is 0 Å². The molecular formula is C13H18F3NO. The number of benzene rings is 1. The van der Waals surface area contributed by atoms with Crippen LogP contribution in [0, 0.1) is 12.7 Å². The summed E-state index contributed by atoms with van der Waals surface area (Å²) in [5.41, 5.74) is 1.50. The zero-order valence-electron chi connectivity index (χ0n) is 10.6. The third kappa shape index (κ3) is 4.66. The lowest BCUT2D eigenvalue weighted by Gasteiger charge is -2.18. The maximum absolute atomic E-state index is 13.6. The molecule has 0 aliphatic carbocycles. The molecular weight excluding hydrogens is 243 g/mol. The first-order valence-corrected chi connectivity index (χ1v) is 5.83. The van der Waals surface area contributed by atoms with Gasteiger partial charge in [-0.15, -0.1) is 0 Å². The second kappa shape index (κ2) is 7.38. The van der Waals surface area contributed by atoms with E-state index in [-0.39, 0.29) is 18.5 Å². The van der Waals surface area contributed by atoms with Crippen molar-refractivity contribution in [3.05, 3.63) is 35.1 Å². The quantitative estimate of drug-likeness (QED) is 0.762. The van der Waals surface area contributed by atoms with Crippen LogP contribution in [0.15, 0.2) is 18.2 Å². The lowest BCUT2D eigenvalue weighted by atomic mass is 10.0. The molecule has 102 valence electrons. The highest BCUT2D eigenvalue weighted by Crippen LogP contribution is 2.21. The highest BCUT2D eigenvalue weighted by atomic mass is 19.3. The molecule has 1 aromatic rings. The molecule has 0 saturated carbocycles. The van der Waals surface area contributed by atoms with E-state index in [0.717, 1.165) is 5.56 Å². The molecule has 0 amide bonds. The summed E-state index contributed by atoms with van der Waals surface area (Å²) in [5, 5.41) is 2.97. The molecule has 0 saturated heterocycles. The predicted octanol–water partition coefficient (Wildman–Crippen LogP) is 3.07. The molecule has 0 fully saturated rings. The number of hydrogen-bond acceptors (Lipinski definition) is 2. The van der Waals surface area contributed by atoms with E-state index in [1.165, 1.54) is 6.07 Å². The van der Waals surface area contributed by atoms with Gasteiger partial charge in [0.05, 0.1) is 0 Å². The van der Waals surface area contributed by atoms with Gasteiger partial charge in [-0.2, -0.15) is 0 Å². The summed E-state index contributed by atoms with van der Waals surface area (Å²) < 4.78 is 42.2. The van der Waals surface area contributed by atoms with Crippen LogP contribution in [-0.4, -0.2) is 26.7 Å². The number of ether oxygens (including phenoxy) is 1. The Bertz CT molecular complexity index is 371. The topological polar surface area (TPSA) is 21.3 Å². The van der Waals surface area contributed by atoms with E-state index >= 15 is 0 Å². The van der Waals surface area contributed by atoms with Crippen LogP contribution < -0.4 is 5.32 Å². The summed E-state index contributed by atoms with van der Waals surface area (Å²) in [4.78, 5) is 0. The molecule has 18 heavy (non-hydrogen) atoms. The van der Waals surface area contributed by atoms with Gasteiger partial charge in [0, 0.05) is 18.2 Å². The number of alkyl halides is 2. The predicted molar refractivity (Wildman–Crippen MR) is 64.4 cm³/mol. The first-order chi connectivity index (χ1) is 8.54. The van der Waals surface area contributed by atoms with Crippen molar-refractivity contribution >= 4 is 0 Å². The number of hydrogen-bond donors (Lipinski definition) is 1. The Morgan fingerprint density at radius 2 is 2.06 bits per heavy atom. The van der Waals surface area contributed by atoms with Crippen LogP contribution in [0.25, 0.3) is 0 Å². The minimum atomic E-state index is -2.46. The third-order valence-corrected chi connectivity index (χ3v) is 2.67. The summed E-state index contributed by atoms with van der Waals surface area (Å²) in [6.07, 6.45) is -2.02. The van der Waals surface area contributed by atoms with E-state index in [0.29, 0.717) is 12.0 Å². The fourth-order valence-corrected chi connectivity index (χ4v) is 1.76. The van der Waals surface area contributed by atoms with Crippen LogP contribution in [0.2, 0.25) is 0 Å². The molecule has 1 N–H and O–H groups in total. The lowest BCUT2D eigenvalue weighted by Crippen LogP contribution is -2.20. The third-order valence-electron chi connectivity index (χ3n) is 2.67. The Morgan fingerprint density at radius 3 is 2.67 bits per heavy atom. The highest BCUT2D eigenvalue weighted by Gasteiger charge is 2.14. The molecule has 1 rings (SSSR count). The summed E-state index contributed by atoms with van der Waals surface area (Å²) >= 11 is 0. The van der Waals surface area contributed by atoms with E-state index in [1.54, 1.807) is 19.2 Å². The van der Waals surface area contributed by atoms with Crippen molar-refractivity contribution in [1.82, 2.24) is 5.32 Å². The van der Waals surface area contributed by atoms with Gasteiger partial charge in [0.25, 0.3) is 6.43 Å². The summed E-state index contributed by atoms with van der Waals surface area (Å²) in [7, 11) is 1.71. The largest absolute Gasteiger partial charge is 0.375 e. The maximum Gasteiger partial charge on any atom is 0.261 e. The zero-order chi connectivity index (χ0) is 13.5. The molecule has 0 aliphatic rings.